The molecule has 0 aliphatic rings. The van der Waals surface area contributed by atoms with E-state index in [-0.39, 0.29) is 0 Å². The van der Waals surface area contributed by atoms with Gasteiger partial charge in [0.25, 0.3) is 0 Å². The molecule has 0 saturated heterocycles. The van der Waals surface area contributed by atoms with Crippen LogP contribution in [0.5, 0.6) is 0 Å². The molecule has 0 aromatic rings. The Kier molecular flexibility index (Phi) is 13.2. The summed E-state index contributed by atoms with van der Waals surface area (Å²) in [7, 11) is 0. The minimum atomic E-state index is -2.64. The van der Waals surface area contributed by atoms with E-state index in [4.69, 9.17) is 20.4 Å². The van der Waals surface area contributed by atoms with E-state index >= 15 is 0 Å². The van der Waals surface area contributed by atoms with Crippen molar-refractivity contribution in [3.63, 3.8) is 0 Å². The predicted octanol–water partition coefficient (Wildman–Crippen LogP) is -8.25. The van der Waals surface area contributed by atoms with Gasteiger partial charge in [0, 0.05) is 0 Å². The molecule has 11 N–H and O–H groups in total. The quantitative estimate of drug-likeness (QED) is 0.0843. The first-order valence-electron chi connectivity index (χ1n) is 9.03. The number of hydrogen-bond acceptors (Lipinski definition) is 17. The molecule has 0 amide bonds. The number of aliphatic hydroxyl groups excluding tert-OH is 11. The third-order valence-corrected chi connectivity index (χ3v) is 4.04. The molecule has 1 unspecified atom stereocenters. The van der Waals surface area contributed by atoms with Crippen LogP contribution in [0.4, 0.5) is 0 Å². The topological polar surface area (TPSA) is 309 Å². The molecule has 192 valence electrons. The molecule has 0 heterocycles. The fraction of sp³-hybridized carbons (Fsp3) is 0.750. The molecule has 17 nitrogen and oxygen atoms in total. The maximum atomic E-state index is 11.6. The standard InChI is InChI=1S/C16H26O17/c17-2-5(20)8(23)10(25)12(27)15(30)32-7(22)1-4(19)14(29)33-16(31)13(28)11(26)9(24)6(21)3-18/h4-6,8-13,17-21,23-28H,1-3H2/t4?,5-,6-,8-,9-,10+,11+,12-,13-/m1/s1. The Hall–Kier alpha value is -2.16. The van der Waals surface area contributed by atoms with Gasteiger partial charge in [-0.25, -0.2) is 14.4 Å². The van der Waals surface area contributed by atoms with Gasteiger partial charge in [-0.2, -0.15) is 0 Å². The second kappa shape index (κ2) is 14.2. The monoisotopic (exact) mass is 490 g/mol. The van der Waals surface area contributed by atoms with Crippen molar-refractivity contribution >= 4 is 23.9 Å². The number of aliphatic hydroxyl groups is 11. The van der Waals surface area contributed by atoms with E-state index in [1.165, 1.54) is 0 Å². The third kappa shape index (κ3) is 9.31. The van der Waals surface area contributed by atoms with Gasteiger partial charge in [-0.15, -0.1) is 0 Å². The highest BCUT2D eigenvalue weighted by Crippen LogP contribution is 2.10. The maximum Gasteiger partial charge on any atom is 0.345 e. The maximum absolute atomic E-state index is 11.6. The molecule has 0 bridgehead atoms. The Morgan fingerprint density at radius 2 is 0.909 bits per heavy atom. The van der Waals surface area contributed by atoms with Crippen LogP contribution in [0.3, 0.4) is 0 Å². The molecular weight excluding hydrogens is 464 g/mol. The van der Waals surface area contributed by atoms with Gasteiger partial charge in [0.1, 0.15) is 36.6 Å². The van der Waals surface area contributed by atoms with Crippen LogP contribution >= 0.6 is 0 Å². The van der Waals surface area contributed by atoms with E-state index in [0.29, 0.717) is 0 Å². The first kappa shape index (κ1) is 30.8. The Balaban J connectivity index is 4.79. The molecule has 0 aliphatic heterocycles. The normalized spacial score (nSPS) is 19.7. The minimum Gasteiger partial charge on any atom is -0.394 e. The van der Waals surface area contributed by atoms with Crippen molar-refractivity contribution in [1.29, 1.82) is 0 Å². The molecule has 0 fully saturated rings. The zero-order valence-corrected chi connectivity index (χ0v) is 16.7. The lowest BCUT2D eigenvalue weighted by molar-refractivity contribution is -0.184. The number of esters is 4. The summed E-state index contributed by atoms with van der Waals surface area (Å²) >= 11 is 0. The van der Waals surface area contributed by atoms with Gasteiger partial charge in [-0.1, -0.05) is 0 Å². The highest BCUT2D eigenvalue weighted by Gasteiger charge is 2.38. The summed E-state index contributed by atoms with van der Waals surface area (Å²) in [6.45, 7) is -2.12. The fourth-order valence-corrected chi connectivity index (χ4v) is 2.01. The van der Waals surface area contributed by atoms with E-state index in [1.807, 2.05) is 0 Å². The van der Waals surface area contributed by atoms with E-state index in [9.17, 15) is 54.9 Å². The number of hydrogen-bond donors (Lipinski definition) is 11. The summed E-state index contributed by atoms with van der Waals surface area (Å²) in [5.41, 5.74) is 0. The lowest BCUT2D eigenvalue weighted by Gasteiger charge is -2.24. The summed E-state index contributed by atoms with van der Waals surface area (Å²) in [6.07, 6.45) is -22.3. The molecule has 0 rings (SSSR count). The molecule has 0 aromatic heterocycles. The van der Waals surface area contributed by atoms with Crippen LogP contribution in [0.15, 0.2) is 0 Å². The van der Waals surface area contributed by atoms with Crippen molar-refractivity contribution in [3.05, 3.63) is 0 Å². The second-order valence-corrected chi connectivity index (χ2v) is 6.61. The highest BCUT2D eigenvalue weighted by atomic mass is 16.6. The zero-order valence-electron chi connectivity index (χ0n) is 16.7. The van der Waals surface area contributed by atoms with Gasteiger partial charge >= 0.3 is 23.9 Å². The van der Waals surface area contributed by atoms with Crippen molar-refractivity contribution in [2.75, 3.05) is 13.2 Å². The average molecular weight is 490 g/mol. The van der Waals surface area contributed by atoms with Crippen molar-refractivity contribution in [1.82, 2.24) is 0 Å². The first-order chi connectivity index (χ1) is 15.2. The van der Waals surface area contributed by atoms with E-state index in [0.717, 1.165) is 0 Å². The molecule has 0 saturated carbocycles. The summed E-state index contributed by atoms with van der Waals surface area (Å²) in [4.78, 5) is 46.3. The largest absolute Gasteiger partial charge is 0.394 e. The van der Waals surface area contributed by atoms with Gasteiger partial charge in [-0.05, 0) is 0 Å². The summed E-state index contributed by atoms with van der Waals surface area (Å²) < 4.78 is 7.97. The van der Waals surface area contributed by atoms with Gasteiger partial charge in [0.2, 0.25) is 0 Å². The predicted molar refractivity (Wildman–Crippen MR) is 95.0 cm³/mol. The molecule has 0 aromatic carbocycles. The van der Waals surface area contributed by atoms with Gasteiger partial charge in [0.15, 0.2) is 18.3 Å². The Bertz CT molecular complexity index is 667. The minimum absolute atomic E-state index is 1.06. The van der Waals surface area contributed by atoms with Crippen LogP contribution in [0.1, 0.15) is 6.42 Å². The highest BCUT2D eigenvalue weighted by molar-refractivity contribution is 5.94. The third-order valence-electron chi connectivity index (χ3n) is 4.04. The molecular formula is C16H26O17. The summed E-state index contributed by atoms with van der Waals surface area (Å²) in [5.74, 6) is -7.42. The molecule has 9 atom stereocenters. The van der Waals surface area contributed by atoms with Crippen molar-refractivity contribution in [2.45, 2.75) is 61.4 Å². The van der Waals surface area contributed by atoms with E-state index in [1.54, 1.807) is 0 Å². The fourth-order valence-electron chi connectivity index (χ4n) is 2.01. The Morgan fingerprint density at radius 3 is 1.27 bits per heavy atom. The van der Waals surface area contributed by atoms with Crippen LogP contribution in [0.2, 0.25) is 0 Å². The van der Waals surface area contributed by atoms with Crippen LogP contribution in [-0.2, 0) is 28.7 Å². The summed E-state index contributed by atoms with van der Waals surface area (Å²) in [6, 6.07) is 0. The second-order valence-electron chi connectivity index (χ2n) is 6.61. The van der Waals surface area contributed by atoms with Crippen LogP contribution in [0.25, 0.3) is 0 Å². The number of carbonyl (C=O) groups excluding carboxylic acids is 4. The lowest BCUT2D eigenvalue weighted by Crippen LogP contribution is -2.50. The van der Waals surface area contributed by atoms with Gasteiger partial charge in [0.05, 0.1) is 19.6 Å². The van der Waals surface area contributed by atoms with Gasteiger partial charge < -0.3 is 65.6 Å². The number of rotatable bonds is 13. The van der Waals surface area contributed by atoms with Gasteiger partial charge in [-0.3, -0.25) is 4.79 Å². The van der Waals surface area contributed by atoms with Crippen molar-refractivity contribution < 1.29 is 84.8 Å². The molecule has 0 aliphatic carbocycles. The average Bonchev–Trinajstić information content (AvgIpc) is 2.79. The Morgan fingerprint density at radius 1 is 0.545 bits per heavy atom. The lowest BCUT2D eigenvalue weighted by atomic mass is 10.0. The molecule has 17 heteroatoms. The SMILES string of the molecule is O=C(CC(O)C(=O)OC(=O)[C@H](O)[C@@H](O)[C@H](O)[C@H](O)CO)OC(=O)[C@H](O)[C@@H](O)[C@H](O)[C@H](O)CO. The first-order valence-corrected chi connectivity index (χ1v) is 9.03. The van der Waals surface area contributed by atoms with E-state index in [2.05, 4.69) is 9.47 Å². The smallest absolute Gasteiger partial charge is 0.345 e. The molecule has 0 spiro atoms. The van der Waals surface area contributed by atoms with Crippen LogP contribution in [0, 0.1) is 0 Å². The Labute approximate surface area is 184 Å². The molecule has 0 radical (unpaired) electrons. The van der Waals surface area contributed by atoms with E-state index < -0.39 is 98.4 Å². The zero-order chi connectivity index (χ0) is 26.0. The van der Waals surface area contributed by atoms with Crippen LogP contribution < -0.4 is 0 Å². The van der Waals surface area contributed by atoms with Crippen LogP contribution in [-0.4, -0.2) is 148 Å². The molecule has 33 heavy (non-hydrogen) atoms. The number of carbonyl (C=O) groups is 4. The van der Waals surface area contributed by atoms with Crippen molar-refractivity contribution in [2.24, 2.45) is 0 Å². The summed E-state index contributed by atoms with van der Waals surface area (Å²) in [5, 5.41) is 102. The van der Waals surface area contributed by atoms with Crippen molar-refractivity contribution in [3.8, 4) is 0 Å². The number of ether oxygens (including phenoxy) is 2.